The van der Waals surface area contributed by atoms with Crippen LogP contribution in [0.4, 0.5) is 5.69 Å². The zero-order valence-electron chi connectivity index (χ0n) is 13.7. The minimum Gasteiger partial charge on any atom is -0.301 e. The lowest BCUT2D eigenvalue weighted by atomic mass is 10.0. The van der Waals surface area contributed by atoms with Gasteiger partial charge in [-0.05, 0) is 20.0 Å². The Hall–Kier alpha value is -2.79. The maximum absolute atomic E-state index is 12.9. The molecule has 0 radical (unpaired) electrons. The molecule has 0 bridgehead atoms. The number of para-hydroxylation sites is 1. The van der Waals surface area contributed by atoms with Crippen molar-refractivity contribution in [2.45, 2.75) is 13.1 Å². The summed E-state index contributed by atoms with van der Waals surface area (Å²) in [6.45, 7) is 1.51. The molecule has 1 atom stereocenters. The molecule has 0 saturated heterocycles. The van der Waals surface area contributed by atoms with Gasteiger partial charge < -0.3 is 4.90 Å². The fourth-order valence-corrected chi connectivity index (χ4v) is 2.83. The first-order chi connectivity index (χ1) is 11.6. The highest BCUT2D eigenvalue weighted by molar-refractivity contribution is 6.20. The first-order valence-corrected chi connectivity index (χ1v) is 7.82. The van der Waals surface area contributed by atoms with Crippen LogP contribution in [0.5, 0.6) is 0 Å². The molecule has 1 aliphatic rings. The van der Waals surface area contributed by atoms with Crippen LogP contribution in [-0.2, 0) is 9.59 Å². The van der Waals surface area contributed by atoms with Crippen LogP contribution < -0.4 is 10.2 Å². The molecule has 5 heteroatoms. The number of carbonyl (C=O) groups is 2. The van der Waals surface area contributed by atoms with E-state index in [1.165, 1.54) is 11.8 Å². The van der Waals surface area contributed by atoms with Gasteiger partial charge in [0.2, 0.25) is 0 Å². The van der Waals surface area contributed by atoms with Crippen molar-refractivity contribution in [2.24, 2.45) is 4.99 Å². The van der Waals surface area contributed by atoms with E-state index in [-0.39, 0.29) is 18.2 Å². The standard InChI is InChI=1S/C19H19N3O2/c1-13(23)12-22-16-11-7-6-10-15(16)17(14-8-4-3-5-9-14)21-18(20-2)19(22)24/h3-11,18,20H,12H2,1-2H3. The van der Waals surface area contributed by atoms with Gasteiger partial charge in [0.15, 0.2) is 6.17 Å². The highest BCUT2D eigenvalue weighted by atomic mass is 16.2. The van der Waals surface area contributed by atoms with Gasteiger partial charge in [0.05, 0.1) is 17.9 Å². The van der Waals surface area contributed by atoms with Crippen LogP contribution in [0.3, 0.4) is 0 Å². The van der Waals surface area contributed by atoms with Gasteiger partial charge in [0.1, 0.15) is 5.78 Å². The number of fused-ring (bicyclic) bond motifs is 1. The minimum absolute atomic E-state index is 0.0333. The Morgan fingerprint density at radius 3 is 2.46 bits per heavy atom. The van der Waals surface area contributed by atoms with E-state index in [1.54, 1.807) is 7.05 Å². The van der Waals surface area contributed by atoms with Crippen LogP contribution in [0.1, 0.15) is 18.1 Å². The third-order valence-corrected chi connectivity index (χ3v) is 3.91. The number of ketones is 1. The second kappa shape index (κ2) is 6.76. The molecule has 0 saturated carbocycles. The summed E-state index contributed by atoms with van der Waals surface area (Å²) in [6.07, 6.45) is -0.730. The molecular formula is C19H19N3O2. The van der Waals surface area contributed by atoms with Crippen LogP contribution in [0.25, 0.3) is 0 Å². The molecule has 0 aliphatic carbocycles. The predicted octanol–water partition coefficient (Wildman–Crippen LogP) is 2.01. The lowest BCUT2D eigenvalue weighted by Gasteiger charge is -2.23. The summed E-state index contributed by atoms with van der Waals surface area (Å²) in [7, 11) is 1.69. The average molecular weight is 321 g/mol. The van der Waals surface area contributed by atoms with E-state index in [0.717, 1.165) is 16.8 Å². The molecule has 24 heavy (non-hydrogen) atoms. The summed E-state index contributed by atoms with van der Waals surface area (Å²) in [5, 5.41) is 2.94. The minimum atomic E-state index is -0.730. The lowest BCUT2D eigenvalue weighted by Crippen LogP contribution is -2.45. The summed E-state index contributed by atoms with van der Waals surface area (Å²) in [5.74, 6) is -0.303. The molecule has 1 heterocycles. The lowest BCUT2D eigenvalue weighted by molar-refractivity contribution is -0.123. The van der Waals surface area contributed by atoms with E-state index in [0.29, 0.717) is 5.69 Å². The normalized spacial score (nSPS) is 17.1. The molecule has 1 amide bonds. The maximum atomic E-state index is 12.9. The Balaban J connectivity index is 2.21. The van der Waals surface area contributed by atoms with Crippen LogP contribution in [0.2, 0.25) is 0 Å². The maximum Gasteiger partial charge on any atom is 0.266 e. The summed E-state index contributed by atoms with van der Waals surface area (Å²) in [5.41, 5.74) is 3.22. The monoisotopic (exact) mass is 321 g/mol. The Morgan fingerprint density at radius 1 is 1.12 bits per heavy atom. The average Bonchev–Trinajstić information content (AvgIpc) is 2.71. The Bertz CT molecular complexity index is 799. The van der Waals surface area contributed by atoms with Gasteiger partial charge in [0, 0.05) is 11.1 Å². The van der Waals surface area contributed by atoms with Gasteiger partial charge in [0.25, 0.3) is 5.91 Å². The van der Waals surface area contributed by atoms with Crippen molar-refractivity contribution in [2.75, 3.05) is 18.5 Å². The number of benzene rings is 2. The van der Waals surface area contributed by atoms with Crippen molar-refractivity contribution in [3.05, 3.63) is 65.7 Å². The fraction of sp³-hybridized carbons (Fsp3) is 0.211. The van der Waals surface area contributed by atoms with E-state index in [9.17, 15) is 9.59 Å². The molecule has 5 nitrogen and oxygen atoms in total. The predicted molar refractivity (Wildman–Crippen MR) is 94.4 cm³/mol. The van der Waals surface area contributed by atoms with Crippen molar-refractivity contribution in [3.8, 4) is 0 Å². The first kappa shape index (κ1) is 16.1. The number of amides is 1. The Labute approximate surface area is 141 Å². The second-order valence-electron chi connectivity index (χ2n) is 5.68. The van der Waals surface area contributed by atoms with E-state index in [1.807, 2.05) is 54.6 Å². The molecule has 3 rings (SSSR count). The van der Waals surface area contributed by atoms with Gasteiger partial charge in [-0.1, -0.05) is 48.5 Å². The number of rotatable bonds is 4. The summed E-state index contributed by atoms with van der Waals surface area (Å²) in [6, 6.07) is 17.3. The van der Waals surface area contributed by atoms with Crippen molar-refractivity contribution in [1.82, 2.24) is 5.32 Å². The van der Waals surface area contributed by atoms with E-state index in [2.05, 4.69) is 10.3 Å². The van der Waals surface area contributed by atoms with Crippen molar-refractivity contribution >= 4 is 23.1 Å². The third-order valence-electron chi connectivity index (χ3n) is 3.91. The quantitative estimate of drug-likeness (QED) is 0.937. The molecule has 0 fully saturated rings. The summed E-state index contributed by atoms with van der Waals surface area (Å²) < 4.78 is 0. The summed E-state index contributed by atoms with van der Waals surface area (Å²) in [4.78, 5) is 30.7. The zero-order valence-corrected chi connectivity index (χ0v) is 13.7. The van der Waals surface area contributed by atoms with Crippen molar-refractivity contribution in [1.29, 1.82) is 0 Å². The number of Topliss-reactive ketones (excluding diaryl/α,β-unsaturated/α-hetero) is 1. The molecule has 1 unspecified atom stereocenters. The molecule has 1 N–H and O–H groups in total. The number of nitrogens with one attached hydrogen (secondary N) is 1. The highest BCUT2D eigenvalue weighted by Crippen LogP contribution is 2.27. The molecule has 0 aromatic heterocycles. The third kappa shape index (κ3) is 2.98. The van der Waals surface area contributed by atoms with Crippen LogP contribution in [0.15, 0.2) is 59.6 Å². The molecular weight excluding hydrogens is 302 g/mol. The second-order valence-corrected chi connectivity index (χ2v) is 5.68. The van der Waals surface area contributed by atoms with Crippen molar-refractivity contribution < 1.29 is 9.59 Å². The van der Waals surface area contributed by atoms with Gasteiger partial charge in [-0.2, -0.15) is 0 Å². The van der Waals surface area contributed by atoms with Crippen LogP contribution >= 0.6 is 0 Å². The number of anilines is 1. The molecule has 0 spiro atoms. The highest BCUT2D eigenvalue weighted by Gasteiger charge is 2.31. The topological polar surface area (TPSA) is 61.8 Å². The SMILES string of the molecule is CNC1N=C(c2ccccc2)c2ccccc2N(CC(C)=O)C1=O. The number of carbonyl (C=O) groups excluding carboxylic acids is 2. The smallest absolute Gasteiger partial charge is 0.266 e. The molecule has 2 aromatic rings. The molecule has 1 aliphatic heterocycles. The van der Waals surface area contributed by atoms with E-state index < -0.39 is 6.17 Å². The molecule has 122 valence electrons. The Morgan fingerprint density at radius 2 is 1.79 bits per heavy atom. The fourth-order valence-electron chi connectivity index (χ4n) is 2.83. The van der Waals surface area contributed by atoms with Crippen molar-refractivity contribution in [3.63, 3.8) is 0 Å². The van der Waals surface area contributed by atoms with E-state index >= 15 is 0 Å². The number of likely N-dealkylation sites (N-methyl/N-ethyl adjacent to an activating group) is 1. The number of hydrogen-bond acceptors (Lipinski definition) is 4. The van der Waals surface area contributed by atoms with Gasteiger partial charge >= 0.3 is 0 Å². The van der Waals surface area contributed by atoms with Crippen LogP contribution in [0, 0.1) is 0 Å². The van der Waals surface area contributed by atoms with Gasteiger partial charge in [-0.15, -0.1) is 0 Å². The molecule has 2 aromatic carbocycles. The largest absolute Gasteiger partial charge is 0.301 e. The number of nitrogens with zero attached hydrogens (tertiary/aromatic N) is 2. The number of benzodiazepines with no additional fused rings is 1. The van der Waals surface area contributed by atoms with Crippen LogP contribution in [-0.4, -0.2) is 37.2 Å². The van der Waals surface area contributed by atoms with Gasteiger partial charge in [-0.3, -0.25) is 19.9 Å². The first-order valence-electron chi connectivity index (χ1n) is 7.82. The summed E-state index contributed by atoms with van der Waals surface area (Å²) >= 11 is 0. The number of hydrogen-bond donors (Lipinski definition) is 1. The Kier molecular flexibility index (Phi) is 4.53. The van der Waals surface area contributed by atoms with Gasteiger partial charge in [-0.25, -0.2) is 0 Å². The zero-order chi connectivity index (χ0) is 17.1. The van der Waals surface area contributed by atoms with E-state index in [4.69, 9.17) is 0 Å². The number of aliphatic imine (C=N–C) groups is 1.